The van der Waals surface area contributed by atoms with Crippen molar-refractivity contribution >= 4 is 21.7 Å². The molecule has 94 valence electrons. The largest absolute Gasteiger partial charge is 0.383 e. The number of imidazole rings is 1. The molecule has 3 rings (SSSR count). The molecule has 0 atom stereocenters. The van der Waals surface area contributed by atoms with E-state index >= 15 is 0 Å². The quantitative estimate of drug-likeness (QED) is 0.921. The van der Waals surface area contributed by atoms with Gasteiger partial charge in [-0.15, -0.1) is 0 Å². The fourth-order valence-corrected chi connectivity index (χ4v) is 2.49. The van der Waals surface area contributed by atoms with Crippen LogP contribution in [0.1, 0.15) is 30.1 Å². The summed E-state index contributed by atoms with van der Waals surface area (Å²) in [6.07, 6.45) is 2.48. The minimum absolute atomic E-state index is 0.614. The number of hydrogen-bond acceptors (Lipinski definition) is 2. The van der Waals surface area contributed by atoms with Gasteiger partial charge in [0, 0.05) is 23.0 Å². The first-order chi connectivity index (χ1) is 8.58. The fourth-order valence-electron chi connectivity index (χ4n) is 2.24. The normalized spacial score (nSPS) is 15.1. The SMILES string of the molecule is Cc1cc(-c2nc(C3CC3)n(C)c2N)ccc1Br. The third kappa shape index (κ3) is 1.85. The van der Waals surface area contributed by atoms with Crippen molar-refractivity contribution in [2.45, 2.75) is 25.7 Å². The molecule has 1 aliphatic carbocycles. The lowest BCUT2D eigenvalue weighted by molar-refractivity contribution is 0.807. The van der Waals surface area contributed by atoms with Gasteiger partial charge in [0.2, 0.25) is 0 Å². The molecule has 0 aliphatic heterocycles. The molecule has 0 spiro atoms. The van der Waals surface area contributed by atoms with Crippen molar-refractivity contribution in [2.75, 3.05) is 5.73 Å². The Morgan fingerprint density at radius 3 is 2.72 bits per heavy atom. The molecule has 0 unspecified atom stereocenters. The highest BCUT2D eigenvalue weighted by molar-refractivity contribution is 9.10. The predicted molar refractivity (Wildman–Crippen MR) is 77.5 cm³/mol. The Labute approximate surface area is 115 Å². The van der Waals surface area contributed by atoms with Gasteiger partial charge in [-0.3, -0.25) is 0 Å². The number of rotatable bonds is 2. The average Bonchev–Trinajstić information content (AvgIpc) is 3.13. The Bertz CT molecular complexity index is 612. The third-order valence-electron chi connectivity index (χ3n) is 3.55. The van der Waals surface area contributed by atoms with Crippen LogP contribution in [0.25, 0.3) is 11.3 Å². The molecule has 1 saturated carbocycles. The summed E-state index contributed by atoms with van der Waals surface area (Å²) in [5.41, 5.74) is 9.38. The molecule has 0 bridgehead atoms. The van der Waals surface area contributed by atoms with Crippen molar-refractivity contribution in [1.82, 2.24) is 9.55 Å². The number of halogens is 1. The maximum Gasteiger partial charge on any atom is 0.131 e. The standard InChI is InChI=1S/C14H16BrN3/c1-8-7-10(5-6-11(8)15)12-13(16)18(2)14(17-12)9-3-4-9/h5-7,9H,3-4,16H2,1-2H3. The zero-order chi connectivity index (χ0) is 12.9. The summed E-state index contributed by atoms with van der Waals surface area (Å²) >= 11 is 3.52. The zero-order valence-electron chi connectivity index (χ0n) is 10.6. The minimum Gasteiger partial charge on any atom is -0.383 e. The van der Waals surface area contributed by atoms with E-state index in [1.165, 1.54) is 18.4 Å². The number of benzene rings is 1. The molecule has 0 radical (unpaired) electrons. The minimum atomic E-state index is 0.614. The van der Waals surface area contributed by atoms with E-state index in [2.05, 4.69) is 41.1 Å². The van der Waals surface area contributed by atoms with Gasteiger partial charge in [-0.25, -0.2) is 4.98 Å². The summed E-state index contributed by atoms with van der Waals surface area (Å²) in [5.74, 6) is 2.50. The number of aromatic nitrogens is 2. The van der Waals surface area contributed by atoms with Gasteiger partial charge >= 0.3 is 0 Å². The van der Waals surface area contributed by atoms with E-state index in [1.54, 1.807) is 0 Å². The van der Waals surface area contributed by atoms with Crippen LogP contribution in [0.4, 0.5) is 5.82 Å². The second-order valence-electron chi connectivity index (χ2n) is 5.00. The van der Waals surface area contributed by atoms with Crippen LogP contribution in [0, 0.1) is 6.92 Å². The third-order valence-corrected chi connectivity index (χ3v) is 4.44. The Kier molecular flexibility index (Phi) is 2.70. The average molecular weight is 306 g/mol. The van der Waals surface area contributed by atoms with Crippen molar-refractivity contribution in [3.05, 3.63) is 34.1 Å². The summed E-state index contributed by atoms with van der Waals surface area (Å²) in [4.78, 5) is 4.74. The number of hydrogen-bond donors (Lipinski definition) is 1. The first-order valence-corrected chi connectivity index (χ1v) is 6.96. The molecule has 2 aromatic rings. The van der Waals surface area contributed by atoms with Crippen molar-refractivity contribution < 1.29 is 0 Å². The Hall–Kier alpha value is -1.29. The summed E-state index contributed by atoms with van der Waals surface area (Å²) in [6, 6.07) is 6.24. The lowest BCUT2D eigenvalue weighted by Crippen LogP contribution is -2.00. The van der Waals surface area contributed by atoms with E-state index in [0.717, 1.165) is 27.4 Å². The van der Waals surface area contributed by atoms with Gasteiger partial charge < -0.3 is 10.3 Å². The fraction of sp³-hybridized carbons (Fsp3) is 0.357. The summed E-state index contributed by atoms with van der Waals surface area (Å²) in [6.45, 7) is 2.08. The van der Waals surface area contributed by atoms with Gasteiger partial charge in [0.15, 0.2) is 0 Å². The molecule has 3 nitrogen and oxygen atoms in total. The van der Waals surface area contributed by atoms with Crippen molar-refractivity contribution in [1.29, 1.82) is 0 Å². The van der Waals surface area contributed by atoms with Crippen LogP contribution in [0.3, 0.4) is 0 Å². The highest BCUT2D eigenvalue weighted by Crippen LogP contribution is 2.41. The van der Waals surface area contributed by atoms with E-state index in [1.807, 2.05) is 11.6 Å². The maximum absolute atomic E-state index is 6.18. The molecular formula is C14H16BrN3. The molecule has 1 heterocycles. The van der Waals surface area contributed by atoms with E-state index in [4.69, 9.17) is 10.7 Å². The van der Waals surface area contributed by atoms with Gasteiger partial charge in [-0.05, 0) is 37.5 Å². The lowest BCUT2D eigenvalue weighted by atomic mass is 10.1. The zero-order valence-corrected chi connectivity index (χ0v) is 12.2. The van der Waals surface area contributed by atoms with Crippen LogP contribution >= 0.6 is 15.9 Å². The maximum atomic E-state index is 6.18. The summed E-state index contributed by atoms with van der Waals surface area (Å²) in [7, 11) is 2.01. The number of nitrogens with two attached hydrogens (primary N) is 1. The van der Waals surface area contributed by atoms with Gasteiger partial charge in [0.05, 0.1) is 0 Å². The topological polar surface area (TPSA) is 43.8 Å². The summed E-state index contributed by atoms with van der Waals surface area (Å²) < 4.78 is 3.15. The summed E-state index contributed by atoms with van der Waals surface area (Å²) in [5, 5.41) is 0. The highest BCUT2D eigenvalue weighted by Gasteiger charge is 2.29. The molecular weight excluding hydrogens is 290 g/mol. The molecule has 2 N–H and O–H groups in total. The van der Waals surface area contributed by atoms with Crippen molar-refractivity contribution in [2.24, 2.45) is 7.05 Å². The molecule has 4 heteroatoms. The van der Waals surface area contributed by atoms with Gasteiger partial charge in [-0.2, -0.15) is 0 Å². The Morgan fingerprint density at radius 1 is 1.39 bits per heavy atom. The molecule has 1 fully saturated rings. The number of nitrogen functional groups attached to an aromatic ring is 1. The van der Waals surface area contributed by atoms with Crippen LogP contribution < -0.4 is 5.73 Å². The van der Waals surface area contributed by atoms with Gasteiger partial charge in [0.1, 0.15) is 17.3 Å². The van der Waals surface area contributed by atoms with E-state index in [-0.39, 0.29) is 0 Å². The molecule has 0 saturated heterocycles. The number of aryl methyl sites for hydroxylation is 1. The smallest absolute Gasteiger partial charge is 0.131 e. The monoisotopic (exact) mass is 305 g/mol. The molecule has 0 amide bonds. The Morgan fingerprint density at radius 2 is 2.11 bits per heavy atom. The molecule has 1 aromatic carbocycles. The van der Waals surface area contributed by atoms with Crippen LogP contribution in [0.5, 0.6) is 0 Å². The highest BCUT2D eigenvalue weighted by atomic mass is 79.9. The number of anilines is 1. The molecule has 18 heavy (non-hydrogen) atoms. The van der Waals surface area contributed by atoms with Gasteiger partial charge in [-0.1, -0.05) is 22.0 Å². The van der Waals surface area contributed by atoms with Crippen LogP contribution in [-0.4, -0.2) is 9.55 Å². The first kappa shape index (κ1) is 11.8. The predicted octanol–water partition coefficient (Wildman–Crippen LogP) is 3.62. The Balaban J connectivity index is 2.10. The van der Waals surface area contributed by atoms with Crippen molar-refractivity contribution in [3.8, 4) is 11.3 Å². The second kappa shape index (κ2) is 4.12. The molecule has 1 aliphatic rings. The molecule has 1 aromatic heterocycles. The lowest BCUT2D eigenvalue weighted by Gasteiger charge is -2.03. The van der Waals surface area contributed by atoms with Crippen LogP contribution in [-0.2, 0) is 7.05 Å². The van der Waals surface area contributed by atoms with Gasteiger partial charge in [0.25, 0.3) is 0 Å². The van der Waals surface area contributed by atoms with Crippen LogP contribution in [0.2, 0.25) is 0 Å². The second-order valence-corrected chi connectivity index (χ2v) is 5.86. The van der Waals surface area contributed by atoms with Crippen molar-refractivity contribution in [3.63, 3.8) is 0 Å². The van der Waals surface area contributed by atoms with E-state index in [0.29, 0.717) is 5.92 Å². The first-order valence-electron chi connectivity index (χ1n) is 6.16. The number of nitrogens with zero attached hydrogens (tertiary/aromatic N) is 2. The van der Waals surface area contributed by atoms with E-state index < -0.39 is 0 Å². The van der Waals surface area contributed by atoms with E-state index in [9.17, 15) is 0 Å². The van der Waals surface area contributed by atoms with Crippen LogP contribution in [0.15, 0.2) is 22.7 Å².